The van der Waals surface area contributed by atoms with Crippen molar-refractivity contribution in [2.45, 2.75) is 0 Å². The summed E-state index contributed by atoms with van der Waals surface area (Å²) in [5, 5.41) is 0.602. The van der Waals surface area contributed by atoms with Gasteiger partial charge in [-0.3, -0.25) is 0 Å². The van der Waals surface area contributed by atoms with Crippen LogP contribution in [0.5, 0.6) is 5.75 Å². The van der Waals surface area contributed by atoms with Gasteiger partial charge in [-0.2, -0.15) is 0 Å². The molecule has 1 aromatic carbocycles. The summed E-state index contributed by atoms with van der Waals surface area (Å²) >= 11 is 5.78. The first-order chi connectivity index (χ1) is 5.34. The van der Waals surface area contributed by atoms with E-state index in [9.17, 15) is 0 Å². The van der Waals surface area contributed by atoms with Crippen LogP contribution in [0.25, 0.3) is 0 Å². The Bertz CT molecular complexity index is 245. The summed E-state index contributed by atoms with van der Waals surface area (Å²) in [6.45, 7) is 4.00. The molecule has 0 amide bonds. The maximum atomic E-state index is 5.78. The van der Waals surface area contributed by atoms with Crippen molar-refractivity contribution in [1.29, 1.82) is 0 Å². The van der Waals surface area contributed by atoms with Crippen LogP contribution in [-0.2, 0) is 0 Å². The Labute approximate surface area is 71.3 Å². The molecule has 0 aromatic heterocycles. The number of halogens is 1. The summed E-state index contributed by atoms with van der Waals surface area (Å²) in [5.41, 5.74) is 0. The predicted molar refractivity (Wildman–Crippen MR) is 46.0 cm³/mol. The average molecular weight is 168 g/mol. The third-order valence-corrected chi connectivity index (χ3v) is 1.44. The molecule has 11 heavy (non-hydrogen) atoms. The highest BCUT2D eigenvalue weighted by molar-refractivity contribution is 6.32. The van der Waals surface area contributed by atoms with Gasteiger partial charge in [0.1, 0.15) is 12.4 Å². The Morgan fingerprint density at radius 1 is 1.73 bits per heavy atom. The molecule has 0 N–H and O–H groups in total. The van der Waals surface area contributed by atoms with Crippen molar-refractivity contribution in [2.24, 2.45) is 0 Å². The number of hydrogen-bond acceptors (Lipinski definition) is 1. The standard InChI is InChI=1S/C9H8ClO/c1-2-7-11-9-6-4-3-5-8(9)10/h2-3,5-6H,1,7H2. The van der Waals surface area contributed by atoms with Crippen molar-refractivity contribution in [3.63, 3.8) is 0 Å². The van der Waals surface area contributed by atoms with Crippen LogP contribution in [0.3, 0.4) is 0 Å². The Hall–Kier alpha value is -0.950. The predicted octanol–water partition coefficient (Wildman–Crippen LogP) is 2.70. The molecular formula is C9H8ClO. The van der Waals surface area contributed by atoms with Gasteiger partial charge in [-0.1, -0.05) is 30.3 Å². The van der Waals surface area contributed by atoms with E-state index < -0.39 is 0 Å². The van der Waals surface area contributed by atoms with Crippen LogP contribution in [-0.4, -0.2) is 6.61 Å². The zero-order valence-corrected chi connectivity index (χ0v) is 6.77. The van der Waals surface area contributed by atoms with Gasteiger partial charge in [0.15, 0.2) is 0 Å². The molecule has 0 saturated carbocycles. The molecule has 0 bridgehead atoms. The lowest BCUT2D eigenvalue weighted by Crippen LogP contribution is -1.92. The highest BCUT2D eigenvalue weighted by Gasteiger charge is 1.96. The number of rotatable bonds is 3. The summed E-state index contributed by atoms with van der Waals surface area (Å²) in [4.78, 5) is 0. The van der Waals surface area contributed by atoms with Crippen molar-refractivity contribution in [1.82, 2.24) is 0 Å². The third kappa shape index (κ3) is 2.28. The third-order valence-electron chi connectivity index (χ3n) is 1.13. The molecule has 0 saturated heterocycles. The quantitative estimate of drug-likeness (QED) is 0.629. The lowest BCUT2D eigenvalue weighted by Gasteiger charge is -2.03. The van der Waals surface area contributed by atoms with Gasteiger partial charge in [-0.05, 0) is 18.2 Å². The van der Waals surface area contributed by atoms with Crippen molar-refractivity contribution in [2.75, 3.05) is 6.61 Å². The van der Waals surface area contributed by atoms with Crippen LogP contribution >= 0.6 is 11.6 Å². The first kappa shape index (κ1) is 8.15. The lowest BCUT2D eigenvalue weighted by molar-refractivity contribution is 0.363. The minimum atomic E-state index is 0.470. The minimum absolute atomic E-state index is 0.470. The molecule has 1 nitrogen and oxygen atoms in total. The first-order valence-corrected chi connectivity index (χ1v) is 3.61. The highest BCUT2D eigenvalue weighted by atomic mass is 35.5. The molecule has 1 rings (SSSR count). The molecular weight excluding hydrogens is 160 g/mol. The highest BCUT2D eigenvalue weighted by Crippen LogP contribution is 2.22. The van der Waals surface area contributed by atoms with Gasteiger partial charge < -0.3 is 4.74 Å². The van der Waals surface area contributed by atoms with Gasteiger partial charge in [0.2, 0.25) is 0 Å². The van der Waals surface area contributed by atoms with E-state index in [4.69, 9.17) is 16.3 Å². The molecule has 0 aliphatic rings. The van der Waals surface area contributed by atoms with Crippen LogP contribution in [0.2, 0.25) is 5.02 Å². The first-order valence-electron chi connectivity index (χ1n) is 3.24. The van der Waals surface area contributed by atoms with E-state index in [1.807, 2.05) is 0 Å². The molecule has 0 spiro atoms. The van der Waals surface area contributed by atoms with Gasteiger partial charge in [0, 0.05) is 0 Å². The largest absolute Gasteiger partial charge is 0.488 e. The van der Waals surface area contributed by atoms with Crippen LogP contribution in [0, 0.1) is 6.07 Å². The van der Waals surface area contributed by atoms with Gasteiger partial charge in [-0.15, -0.1) is 0 Å². The minimum Gasteiger partial charge on any atom is -0.488 e. The van der Waals surface area contributed by atoms with Gasteiger partial charge in [0.05, 0.1) is 5.02 Å². The number of benzene rings is 1. The van der Waals surface area contributed by atoms with Gasteiger partial charge in [0.25, 0.3) is 0 Å². The molecule has 0 atom stereocenters. The van der Waals surface area contributed by atoms with E-state index in [0.29, 0.717) is 17.4 Å². The van der Waals surface area contributed by atoms with Gasteiger partial charge in [-0.25, -0.2) is 0 Å². The summed E-state index contributed by atoms with van der Waals surface area (Å²) in [7, 11) is 0. The number of hydrogen-bond donors (Lipinski definition) is 0. The zero-order chi connectivity index (χ0) is 8.10. The Morgan fingerprint density at radius 3 is 3.18 bits per heavy atom. The second-order valence-corrected chi connectivity index (χ2v) is 2.36. The fraction of sp³-hybridized carbons (Fsp3) is 0.111. The van der Waals surface area contributed by atoms with Crippen molar-refractivity contribution >= 4 is 11.6 Å². The smallest absolute Gasteiger partial charge is 0.138 e. The fourth-order valence-corrected chi connectivity index (χ4v) is 0.828. The van der Waals surface area contributed by atoms with Crippen LogP contribution in [0.1, 0.15) is 0 Å². The molecule has 0 heterocycles. The Balaban J connectivity index is 2.69. The van der Waals surface area contributed by atoms with E-state index in [1.54, 1.807) is 24.3 Å². The van der Waals surface area contributed by atoms with E-state index in [2.05, 4.69) is 12.6 Å². The van der Waals surface area contributed by atoms with E-state index in [1.165, 1.54) is 0 Å². The maximum absolute atomic E-state index is 5.78. The van der Waals surface area contributed by atoms with E-state index in [-0.39, 0.29) is 0 Å². The lowest BCUT2D eigenvalue weighted by atomic mass is 10.3. The molecule has 1 radical (unpaired) electrons. The molecule has 0 fully saturated rings. The molecule has 0 aliphatic heterocycles. The Morgan fingerprint density at radius 2 is 2.55 bits per heavy atom. The second kappa shape index (κ2) is 4.04. The SMILES string of the molecule is C=CCOc1c[c]ccc1Cl. The average Bonchev–Trinajstić information content (AvgIpc) is 2.03. The molecule has 57 valence electrons. The van der Waals surface area contributed by atoms with Crippen molar-refractivity contribution in [3.8, 4) is 5.75 Å². The second-order valence-electron chi connectivity index (χ2n) is 1.96. The van der Waals surface area contributed by atoms with Crippen molar-refractivity contribution < 1.29 is 4.74 Å². The summed E-state index contributed by atoms with van der Waals surface area (Å²) in [5.74, 6) is 0.647. The van der Waals surface area contributed by atoms with Crippen LogP contribution in [0.4, 0.5) is 0 Å². The van der Waals surface area contributed by atoms with Gasteiger partial charge >= 0.3 is 0 Å². The zero-order valence-electron chi connectivity index (χ0n) is 6.01. The molecule has 1 aromatic rings. The number of ether oxygens (including phenoxy) is 1. The molecule has 0 aliphatic carbocycles. The topological polar surface area (TPSA) is 9.23 Å². The molecule has 2 heteroatoms. The van der Waals surface area contributed by atoms with Crippen LogP contribution in [0.15, 0.2) is 30.9 Å². The Kier molecular flexibility index (Phi) is 2.99. The summed E-state index contributed by atoms with van der Waals surface area (Å²) < 4.78 is 5.20. The maximum Gasteiger partial charge on any atom is 0.138 e. The van der Waals surface area contributed by atoms with Crippen molar-refractivity contribution in [3.05, 3.63) is 41.9 Å². The summed E-state index contributed by atoms with van der Waals surface area (Å²) in [6.07, 6.45) is 1.67. The monoisotopic (exact) mass is 167 g/mol. The van der Waals surface area contributed by atoms with Crippen LogP contribution < -0.4 is 4.74 Å². The molecule has 0 unspecified atom stereocenters. The van der Waals surface area contributed by atoms with E-state index >= 15 is 0 Å². The normalized spacial score (nSPS) is 9.18. The fourth-order valence-electron chi connectivity index (χ4n) is 0.655. The summed E-state index contributed by atoms with van der Waals surface area (Å²) in [6, 6.07) is 8.04. The van der Waals surface area contributed by atoms with E-state index in [0.717, 1.165) is 0 Å².